The number of hydrogen-bond donors (Lipinski definition) is 0. The Morgan fingerprint density at radius 3 is 2.48 bits per heavy atom. The van der Waals surface area contributed by atoms with Crippen molar-refractivity contribution < 1.29 is 4.79 Å². The zero-order valence-electron chi connectivity index (χ0n) is 14.3. The molecule has 0 radical (unpaired) electrons. The third kappa shape index (κ3) is 2.17. The summed E-state index contributed by atoms with van der Waals surface area (Å²) in [5.41, 5.74) is 3.87. The van der Waals surface area contributed by atoms with E-state index in [0.29, 0.717) is 17.9 Å². The van der Waals surface area contributed by atoms with Gasteiger partial charge in [-0.2, -0.15) is 0 Å². The first kappa shape index (κ1) is 14.6. The van der Waals surface area contributed by atoms with Gasteiger partial charge >= 0.3 is 0 Å². The van der Waals surface area contributed by atoms with Crippen molar-refractivity contribution >= 4 is 17.1 Å². The highest BCUT2D eigenvalue weighted by Gasteiger charge is 2.58. The number of carbonyl (C=O) groups is 1. The van der Waals surface area contributed by atoms with E-state index in [0.717, 1.165) is 41.3 Å². The Kier molecular flexibility index (Phi) is 2.98. The molecule has 6 heteroatoms. The number of rotatable bonds is 2. The van der Waals surface area contributed by atoms with Gasteiger partial charge in [-0.3, -0.25) is 9.78 Å². The van der Waals surface area contributed by atoms with E-state index in [1.54, 1.807) is 19.3 Å². The molecule has 2 aliphatic rings. The molecule has 1 amide bonds. The molecule has 25 heavy (non-hydrogen) atoms. The van der Waals surface area contributed by atoms with Gasteiger partial charge in [0, 0.05) is 55.8 Å². The van der Waals surface area contributed by atoms with Crippen LogP contribution in [0.4, 0.5) is 0 Å². The van der Waals surface area contributed by atoms with Crippen LogP contribution in [0, 0.1) is 18.8 Å². The Morgan fingerprint density at radius 1 is 1.08 bits per heavy atom. The van der Waals surface area contributed by atoms with Crippen LogP contribution in [0.3, 0.4) is 0 Å². The summed E-state index contributed by atoms with van der Waals surface area (Å²) in [5, 5.41) is 0. The summed E-state index contributed by atoms with van der Waals surface area (Å²) in [7, 11) is 0. The first-order valence-electron chi connectivity index (χ1n) is 8.65. The number of pyridine rings is 2. The van der Waals surface area contributed by atoms with E-state index in [1.807, 2.05) is 36.1 Å². The largest absolute Gasteiger partial charge is 0.342 e. The van der Waals surface area contributed by atoms with Crippen molar-refractivity contribution in [3.63, 3.8) is 0 Å². The summed E-state index contributed by atoms with van der Waals surface area (Å²) >= 11 is 0. The van der Waals surface area contributed by atoms with Gasteiger partial charge in [-0.05, 0) is 31.2 Å². The van der Waals surface area contributed by atoms with Crippen molar-refractivity contribution in [2.24, 2.45) is 11.8 Å². The molecule has 1 aliphatic heterocycles. The lowest BCUT2D eigenvalue weighted by atomic mass is 10.2. The molecule has 2 fully saturated rings. The number of hydrogen-bond acceptors (Lipinski definition) is 4. The van der Waals surface area contributed by atoms with Crippen molar-refractivity contribution in [3.8, 4) is 11.3 Å². The number of fused-ring (bicyclic) bond motifs is 2. The number of aromatic nitrogens is 4. The molecule has 3 aromatic heterocycles. The van der Waals surface area contributed by atoms with Crippen LogP contribution in [0.25, 0.3) is 22.4 Å². The van der Waals surface area contributed by atoms with E-state index in [2.05, 4.69) is 9.55 Å². The van der Waals surface area contributed by atoms with Crippen LogP contribution in [-0.4, -0.2) is 43.4 Å². The molecule has 0 N–H and O–H groups in total. The van der Waals surface area contributed by atoms with Crippen molar-refractivity contribution in [2.45, 2.75) is 19.9 Å². The maximum Gasteiger partial charge on any atom is 0.219 e. The summed E-state index contributed by atoms with van der Waals surface area (Å²) in [5.74, 6) is 2.25. The van der Waals surface area contributed by atoms with Crippen molar-refractivity contribution in [1.82, 2.24) is 24.4 Å². The molecule has 0 unspecified atom stereocenters. The van der Waals surface area contributed by atoms with Crippen molar-refractivity contribution in [1.29, 1.82) is 0 Å². The molecule has 4 heterocycles. The number of likely N-dealkylation sites (tertiary alicyclic amines) is 1. The molecular weight excluding hydrogens is 314 g/mol. The quantitative estimate of drug-likeness (QED) is 0.723. The Labute approximate surface area is 145 Å². The monoisotopic (exact) mass is 333 g/mol. The number of imidazole rings is 1. The van der Waals surface area contributed by atoms with Crippen molar-refractivity contribution in [3.05, 3.63) is 42.5 Å². The molecule has 1 aliphatic carbocycles. The molecular formula is C19H19N5O. The molecule has 0 spiro atoms. The molecule has 3 aromatic rings. The second kappa shape index (κ2) is 5.12. The summed E-state index contributed by atoms with van der Waals surface area (Å²) in [6.07, 6.45) is 3.57. The summed E-state index contributed by atoms with van der Waals surface area (Å²) < 4.78 is 2.28. The van der Waals surface area contributed by atoms with Gasteiger partial charge in [-0.25, -0.2) is 9.97 Å². The maximum atomic E-state index is 11.6. The van der Waals surface area contributed by atoms with Crippen LogP contribution in [0.15, 0.2) is 36.7 Å². The number of nitrogens with zero attached hydrogens (tertiary/aromatic N) is 5. The minimum absolute atomic E-state index is 0.177. The second-order valence-electron chi connectivity index (χ2n) is 7.05. The minimum atomic E-state index is 0.177. The lowest BCUT2D eigenvalue weighted by Crippen LogP contribution is -2.29. The zero-order chi connectivity index (χ0) is 17.1. The van der Waals surface area contributed by atoms with Crippen LogP contribution in [0.2, 0.25) is 0 Å². The topological polar surface area (TPSA) is 63.9 Å². The van der Waals surface area contributed by atoms with E-state index in [-0.39, 0.29) is 5.91 Å². The van der Waals surface area contributed by atoms with Crippen LogP contribution < -0.4 is 0 Å². The summed E-state index contributed by atoms with van der Waals surface area (Å²) in [6, 6.07) is 8.42. The Balaban J connectivity index is 1.54. The van der Waals surface area contributed by atoms with Gasteiger partial charge in [0.25, 0.3) is 0 Å². The van der Waals surface area contributed by atoms with E-state index in [4.69, 9.17) is 9.97 Å². The third-order valence-corrected chi connectivity index (χ3v) is 5.58. The molecule has 6 nitrogen and oxygen atoms in total. The Morgan fingerprint density at radius 2 is 1.80 bits per heavy atom. The standard InChI is InChI=1S/C19H19N5O/c1-11-21-17-4-3-16(13-5-7-20-8-6-13)22-19(17)24(11)18-14-9-23(12(2)25)10-15(14)18/h3-8,14-15,18H,9-10H2,1-2H3/t14-,15+,18+. The summed E-state index contributed by atoms with van der Waals surface area (Å²) in [6.45, 7) is 5.41. The SMILES string of the molecule is CC(=O)N1C[C@@H]2[C@H](C1)[C@H]2n1c(C)nc2ccc(-c3ccncc3)nc21. The predicted octanol–water partition coefficient (Wildman–Crippen LogP) is 2.45. The van der Waals surface area contributed by atoms with Gasteiger partial charge in [0.2, 0.25) is 5.91 Å². The normalized spacial score (nSPS) is 24.6. The molecule has 126 valence electrons. The van der Waals surface area contributed by atoms with Gasteiger partial charge in [0.15, 0.2) is 5.65 Å². The lowest BCUT2D eigenvalue weighted by molar-refractivity contribution is -0.128. The minimum Gasteiger partial charge on any atom is -0.342 e. The number of piperidine rings is 1. The molecule has 1 saturated heterocycles. The van der Waals surface area contributed by atoms with Gasteiger partial charge in [-0.1, -0.05) is 0 Å². The third-order valence-electron chi connectivity index (χ3n) is 5.58. The number of amides is 1. The number of aryl methyl sites for hydroxylation is 1. The molecule has 5 rings (SSSR count). The summed E-state index contributed by atoms with van der Waals surface area (Å²) in [4.78, 5) is 27.2. The lowest BCUT2D eigenvalue weighted by Gasteiger charge is -2.19. The van der Waals surface area contributed by atoms with Crippen LogP contribution >= 0.6 is 0 Å². The molecule has 0 bridgehead atoms. The zero-order valence-corrected chi connectivity index (χ0v) is 14.3. The molecule has 3 atom stereocenters. The first-order valence-corrected chi connectivity index (χ1v) is 8.65. The average molecular weight is 333 g/mol. The van der Waals surface area contributed by atoms with E-state index in [9.17, 15) is 4.79 Å². The fourth-order valence-electron chi connectivity index (χ4n) is 4.26. The number of carbonyl (C=O) groups excluding carboxylic acids is 1. The predicted molar refractivity (Wildman–Crippen MR) is 93.8 cm³/mol. The van der Waals surface area contributed by atoms with E-state index >= 15 is 0 Å². The molecule has 0 aromatic carbocycles. The van der Waals surface area contributed by atoms with Gasteiger partial charge < -0.3 is 9.47 Å². The average Bonchev–Trinajstić information content (AvgIpc) is 2.96. The van der Waals surface area contributed by atoms with Crippen LogP contribution in [-0.2, 0) is 4.79 Å². The van der Waals surface area contributed by atoms with Crippen molar-refractivity contribution in [2.75, 3.05) is 13.1 Å². The highest BCUT2D eigenvalue weighted by Crippen LogP contribution is 2.56. The Hall–Kier alpha value is -2.76. The Bertz CT molecular complexity index is 968. The highest BCUT2D eigenvalue weighted by atomic mass is 16.2. The smallest absolute Gasteiger partial charge is 0.219 e. The highest BCUT2D eigenvalue weighted by molar-refractivity contribution is 5.77. The fraction of sp³-hybridized carbons (Fsp3) is 0.368. The van der Waals surface area contributed by atoms with Gasteiger partial charge in [0.05, 0.1) is 5.69 Å². The van der Waals surface area contributed by atoms with Gasteiger partial charge in [0.1, 0.15) is 11.3 Å². The van der Waals surface area contributed by atoms with Crippen LogP contribution in [0.1, 0.15) is 18.8 Å². The fourth-order valence-corrected chi connectivity index (χ4v) is 4.26. The van der Waals surface area contributed by atoms with Gasteiger partial charge in [-0.15, -0.1) is 0 Å². The van der Waals surface area contributed by atoms with E-state index in [1.165, 1.54) is 0 Å². The van der Waals surface area contributed by atoms with E-state index < -0.39 is 0 Å². The maximum absolute atomic E-state index is 11.6. The molecule has 1 saturated carbocycles. The first-order chi connectivity index (χ1) is 12.1. The van der Waals surface area contributed by atoms with Crippen LogP contribution in [0.5, 0.6) is 0 Å². The second-order valence-corrected chi connectivity index (χ2v) is 7.05.